The van der Waals surface area contributed by atoms with Crippen molar-refractivity contribution in [2.45, 2.75) is 38.3 Å². The van der Waals surface area contributed by atoms with Crippen LogP contribution < -0.4 is 10.5 Å². The number of carbonyl (C=O) groups excluding carboxylic acids is 1. The maximum atomic E-state index is 12.7. The van der Waals surface area contributed by atoms with Gasteiger partial charge in [-0.25, -0.2) is 4.98 Å². The molecule has 3 heterocycles. The molecule has 7 heteroatoms. The molecular formula is C21H26N4O3. The molecule has 148 valence electrons. The standard InChI is InChI=1S/C21H26N4O3/c26-20-17-6-5-16(12-18(17)22-14-25(20)13-15-3-4-15)23-7-9-24(10-8-23)21(27)19-2-1-11-28-19/h5-6,12,14-15,19H,1-4,7-11,13H2. The molecule has 3 fully saturated rings. The summed E-state index contributed by atoms with van der Waals surface area (Å²) >= 11 is 0. The van der Waals surface area contributed by atoms with E-state index in [9.17, 15) is 9.59 Å². The number of ether oxygens (including phenoxy) is 1. The number of amides is 1. The molecule has 2 saturated heterocycles. The van der Waals surface area contributed by atoms with Crippen LogP contribution in [0.3, 0.4) is 0 Å². The minimum Gasteiger partial charge on any atom is -0.368 e. The summed E-state index contributed by atoms with van der Waals surface area (Å²) in [6.45, 7) is 4.44. The summed E-state index contributed by atoms with van der Waals surface area (Å²) in [5, 5.41) is 0.680. The molecule has 2 aliphatic heterocycles. The molecule has 1 atom stereocenters. The maximum absolute atomic E-state index is 12.7. The summed E-state index contributed by atoms with van der Waals surface area (Å²) in [6.07, 6.45) is 5.69. The van der Waals surface area contributed by atoms with Gasteiger partial charge in [0.25, 0.3) is 11.5 Å². The first-order valence-electron chi connectivity index (χ1n) is 10.3. The Morgan fingerprint density at radius 3 is 2.68 bits per heavy atom. The second-order valence-electron chi connectivity index (χ2n) is 8.16. The predicted molar refractivity (Wildman–Crippen MR) is 106 cm³/mol. The first kappa shape index (κ1) is 17.7. The molecule has 2 aromatic rings. The summed E-state index contributed by atoms with van der Waals surface area (Å²) in [6, 6.07) is 5.90. The minimum absolute atomic E-state index is 0.0513. The van der Waals surface area contributed by atoms with E-state index in [1.165, 1.54) is 12.8 Å². The monoisotopic (exact) mass is 382 g/mol. The topological polar surface area (TPSA) is 67.7 Å². The molecule has 1 saturated carbocycles. The van der Waals surface area contributed by atoms with Crippen LogP contribution in [0, 0.1) is 5.92 Å². The van der Waals surface area contributed by atoms with Crippen LogP contribution in [0.1, 0.15) is 25.7 Å². The molecule has 28 heavy (non-hydrogen) atoms. The summed E-state index contributed by atoms with van der Waals surface area (Å²) in [4.78, 5) is 33.9. The largest absolute Gasteiger partial charge is 0.368 e. The van der Waals surface area contributed by atoms with Gasteiger partial charge in [-0.05, 0) is 49.8 Å². The number of piperazine rings is 1. The Morgan fingerprint density at radius 2 is 1.96 bits per heavy atom. The van der Waals surface area contributed by atoms with Gasteiger partial charge in [0.05, 0.1) is 17.2 Å². The van der Waals surface area contributed by atoms with Crippen molar-refractivity contribution in [3.05, 3.63) is 34.9 Å². The first-order valence-corrected chi connectivity index (χ1v) is 10.3. The van der Waals surface area contributed by atoms with Crippen molar-refractivity contribution >= 4 is 22.5 Å². The Morgan fingerprint density at radius 1 is 1.14 bits per heavy atom. The van der Waals surface area contributed by atoms with Gasteiger partial charge in [0, 0.05) is 45.0 Å². The molecule has 1 amide bonds. The maximum Gasteiger partial charge on any atom is 0.261 e. The predicted octanol–water partition coefficient (Wildman–Crippen LogP) is 1.63. The highest BCUT2D eigenvalue weighted by atomic mass is 16.5. The summed E-state index contributed by atoms with van der Waals surface area (Å²) in [5.74, 6) is 0.776. The lowest BCUT2D eigenvalue weighted by Crippen LogP contribution is -2.51. The molecule has 1 aromatic carbocycles. The van der Waals surface area contributed by atoms with Gasteiger partial charge >= 0.3 is 0 Å². The highest BCUT2D eigenvalue weighted by Crippen LogP contribution is 2.30. The van der Waals surface area contributed by atoms with Crippen LogP contribution in [0.25, 0.3) is 10.9 Å². The van der Waals surface area contributed by atoms with E-state index in [4.69, 9.17) is 4.74 Å². The molecule has 0 spiro atoms. The van der Waals surface area contributed by atoms with Gasteiger partial charge in [0.1, 0.15) is 6.10 Å². The third kappa shape index (κ3) is 3.39. The lowest BCUT2D eigenvalue weighted by molar-refractivity contribution is -0.141. The number of rotatable bonds is 4. The Hall–Kier alpha value is -2.41. The van der Waals surface area contributed by atoms with Crippen molar-refractivity contribution in [2.24, 2.45) is 5.92 Å². The highest BCUT2D eigenvalue weighted by molar-refractivity contribution is 5.82. The number of nitrogens with zero attached hydrogens (tertiary/aromatic N) is 4. The molecule has 1 aromatic heterocycles. The van der Waals surface area contributed by atoms with Gasteiger partial charge < -0.3 is 14.5 Å². The summed E-state index contributed by atoms with van der Waals surface area (Å²) in [7, 11) is 0. The summed E-state index contributed by atoms with van der Waals surface area (Å²) < 4.78 is 7.28. The lowest BCUT2D eigenvalue weighted by atomic mass is 10.1. The van der Waals surface area contributed by atoms with Crippen LogP contribution in [0.4, 0.5) is 5.69 Å². The van der Waals surface area contributed by atoms with Crippen molar-refractivity contribution < 1.29 is 9.53 Å². The first-order chi connectivity index (χ1) is 13.7. The van der Waals surface area contributed by atoms with Crippen LogP contribution in [0.15, 0.2) is 29.3 Å². The SMILES string of the molecule is O=C(C1CCCO1)N1CCN(c2ccc3c(=O)n(CC4CC4)cnc3c2)CC1. The second-order valence-corrected chi connectivity index (χ2v) is 8.16. The average Bonchev–Trinajstić information content (AvgIpc) is 3.38. The number of anilines is 1. The van der Waals surface area contributed by atoms with Gasteiger partial charge in [-0.15, -0.1) is 0 Å². The van der Waals surface area contributed by atoms with Crippen LogP contribution in [-0.2, 0) is 16.1 Å². The Kier molecular flexibility index (Phi) is 4.55. The fourth-order valence-corrected chi connectivity index (χ4v) is 4.21. The van der Waals surface area contributed by atoms with Gasteiger partial charge in [-0.2, -0.15) is 0 Å². The molecule has 0 radical (unpaired) electrons. The smallest absolute Gasteiger partial charge is 0.261 e. The molecule has 5 rings (SSSR count). The van der Waals surface area contributed by atoms with Gasteiger partial charge in [0.15, 0.2) is 0 Å². The van der Waals surface area contributed by atoms with Crippen molar-refractivity contribution in [2.75, 3.05) is 37.7 Å². The number of hydrogen-bond acceptors (Lipinski definition) is 5. The zero-order valence-electron chi connectivity index (χ0n) is 16.0. The van der Waals surface area contributed by atoms with Gasteiger partial charge in [0.2, 0.25) is 0 Å². The van der Waals surface area contributed by atoms with E-state index in [2.05, 4.69) is 9.88 Å². The van der Waals surface area contributed by atoms with Crippen molar-refractivity contribution in [3.8, 4) is 0 Å². The Labute approximate surface area is 163 Å². The van der Waals surface area contributed by atoms with Crippen LogP contribution >= 0.6 is 0 Å². The van der Waals surface area contributed by atoms with Crippen molar-refractivity contribution in [3.63, 3.8) is 0 Å². The normalized spacial score (nSPS) is 22.8. The van der Waals surface area contributed by atoms with E-state index in [0.717, 1.165) is 43.7 Å². The molecule has 1 unspecified atom stereocenters. The molecule has 0 bridgehead atoms. The van der Waals surface area contributed by atoms with E-state index < -0.39 is 0 Å². The average molecular weight is 382 g/mol. The van der Waals surface area contributed by atoms with Gasteiger partial charge in [-0.1, -0.05) is 0 Å². The fraction of sp³-hybridized carbons (Fsp3) is 0.571. The molecule has 3 aliphatic rings. The molecule has 1 aliphatic carbocycles. The Balaban J connectivity index is 1.28. The minimum atomic E-state index is -0.241. The lowest BCUT2D eigenvalue weighted by Gasteiger charge is -2.37. The van der Waals surface area contributed by atoms with Crippen LogP contribution in [-0.4, -0.2) is 59.2 Å². The number of hydrogen-bond donors (Lipinski definition) is 0. The van der Waals surface area contributed by atoms with E-state index >= 15 is 0 Å². The number of benzene rings is 1. The quantitative estimate of drug-likeness (QED) is 0.804. The van der Waals surface area contributed by atoms with E-state index in [-0.39, 0.29) is 17.6 Å². The fourth-order valence-electron chi connectivity index (χ4n) is 4.21. The number of carbonyl (C=O) groups is 1. The highest BCUT2D eigenvalue weighted by Gasteiger charge is 2.30. The van der Waals surface area contributed by atoms with E-state index in [1.54, 1.807) is 10.9 Å². The zero-order chi connectivity index (χ0) is 19.1. The number of fused-ring (bicyclic) bond motifs is 1. The third-order valence-corrected chi connectivity index (χ3v) is 6.12. The van der Waals surface area contributed by atoms with E-state index in [0.29, 0.717) is 31.0 Å². The van der Waals surface area contributed by atoms with Gasteiger partial charge in [-0.3, -0.25) is 14.2 Å². The molecule has 7 nitrogen and oxygen atoms in total. The zero-order valence-corrected chi connectivity index (χ0v) is 16.0. The van der Waals surface area contributed by atoms with E-state index in [1.807, 2.05) is 23.1 Å². The van der Waals surface area contributed by atoms with Crippen molar-refractivity contribution in [1.82, 2.24) is 14.5 Å². The van der Waals surface area contributed by atoms with Crippen LogP contribution in [0.2, 0.25) is 0 Å². The second kappa shape index (κ2) is 7.20. The molecule has 0 N–H and O–H groups in total. The third-order valence-electron chi connectivity index (χ3n) is 6.12. The van der Waals surface area contributed by atoms with Crippen molar-refractivity contribution in [1.29, 1.82) is 0 Å². The summed E-state index contributed by atoms with van der Waals surface area (Å²) in [5.41, 5.74) is 1.85. The molecular weight excluding hydrogens is 356 g/mol. The number of aromatic nitrogens is 2. The van der Waals surface area contributed by atoms with Crippen LogP contribution in [0.5, 0.6) is 0 Å². The Bertz CT molecular complexity index is 938.